The van der Waals surface area contributed by atoms with E-state index in [1.807, 2.05) is 0 Å². The number of rotatable bonds is 6. The van der Waals surface area contributed by atoms with Crippen LogP contribution in [0, 0.1) is 11.8 Å². The van der Waals surface area contributed by atoms with Crippen molar-refractivity contribution in [1.82, 2.24) is 4.72 Å². The van der Waals surface area contributed by atoms with E-state index in [1.54, 1.807) is 0 Å². The lowest BCUT2D eigenvalue weighted by atomic mass is 10.2. The van der Waals surface area contributed by atoms with E-state index in [9.17, 15) is 4.79 Å². The zero-order valence-corrected chi connectivity index (χ0v) is 9.59. The van der Waals surface area contributed by atoms with Crippen LogP contribution in [-0.4, -0.2) is 5.91 Å². The summed E-state index contributed by atoms with van der Waals surface area (Å²) < 4.78 is 2.39. The Kier molecular flexibility index (Phi) is 5.09. The standard InChI is InChI=1S/C11H19NOS/c1-2-3-4-5-6-7-9-8-10(9)11(13)12-14/h6-7,9-10,14H,2-5,8H2,1H3,(H,12,13)/b7-6-. The van der Waals surface area contributed by atoms with Gasteiger partial charge in [-0.25, -0.2) is 0 Å². The number of carbonyl (C=O) groups is 1. The van der Waals surface area contributed by atoms with Gasteiger partial charge in [0.15, 0.2) is 0 Å². The largest absolute Gasteiger partial charge is 0.302 e. The molecule has 1 aliphatic rings. The summed E-state index contributed by atoms with van der Waals surface area (Å²) in [4.78, 5) is 11.1. The van der Waals surface area contributed by atoms with Gasteiger partial charge < -0.3 is 4.72 Å². The van der Waals surface area contributed by atoms with E-state index >= 15 is 0 Å². The first-order valence-corrected chi connectivity index (χ1v) is 5.85. The molecule has 0 aromatic heterocycles. The molecule has 2 atom stereocenters. The first-order valence-electron chi connectivity index (χ1n) is 5.40. The molecular formula is C11H19NOS. The highest BCUT2D eigenvalue weighted by molar-refractivity contribution is 7.78. The topological polar surface area (TPSA) is 29.1 Å². The molecular weight excluding hydrogens is 194 g/mol. The number of thiol groups is 1. The van der Waals surface area contributed by atoms with Gasteiger partial charge in [0.25, 0.3) is 0 Å². The summed E-state index contributed by atoms with van der Waals surface area (Å²) in [5, 5.41) is 0. The normalized spacial score (nSPS) is 25.3. The fourth-order valence-electron chi connectivity index (χ4n) is 1.59. The molecule has 2 unspecified atom stereocenters. The second kappa shape index (κ2) is 6.12. The van der Waals surface area contributed by atoms with Gasteiger partial charge in [0, 0.05) is 5.92 Å². The van der Waals surface area contributed by atoms with Crippen molar-refractivity contribution in [3.63, 3.8) is 0 Å². The van der Waals surface area contributed by atoms with Crippen molar-refractivity contribution >= 4 is 18.7 Å². The molecule has 0 saturated heterocycles. The van der Waals surface area contributed by atoms with E-state index in [2.05, 4.69) is 36.6 Å². The predicted molar refractivity (Wildman–Crippen MR) is 62.0 cm³/mol. The highest BCUT2D eigenvalue weighted by atomic mass is 32.1. The van der Waals surface area contributed by atoms with Crippen molar-refractivity contribution in [3.8, 4) is 0 Å². The fraction of sp³-hybridized carbons (Fsp3) is 0.727. The number of hydrogen-bond donors (Lipinski definition) is 2. The number of amides is 1. The van der Waals surface area contributed by atoms with Crippen molar-refractivity contribution < 1.29 is 4.79 Å². The summed E-state index contributed by atoms with van der Waals surface area (Å²) in [5.41, 5.74) is 0. The van der Waals surface area contributed by atoms with Gasteiger partial charge >= 0.3 is 0 Å². The Morgan fingerprint density at radius 3 is 3.00 bits per heavy atom. The van der Waals surface area contributed by atoms with Crippen molar-refractivity contribution in [2.24, 2.45) is 11.8 Å². The van der Waals surface area contributed by atoms with Gasteiger partial charge in [-0.05, 0) is 25.2 Å². The van der Waals surface area contributed by atoms with Crippen LogP contribution in [0.4, 0.5) is 0 Å². The van der Waals surface area contributed by atoms with Crippen molar-refractivity contribution in [3.05, 3.63) is 12.2 Å². The highest BCUT2D eigenvalue weighted by Crippen LogP contribution is 2.39. The van der Waals surface area contributed by atoms with Crippen LogP contribution in [0.1, 0.15) is 39.0 Å². The average molecular weight is 213 g/mol. The van der Waals surface area contributed by atoms with Gasteiger partial charge in [0.1, 0.15) is 0 Å². The van der Waals surface area contributed by atoms with Crippen LogP contribution in [0.3, 0.4) is 0 Å². The van der Waals surface area contributed by atoms with Gasteiger partial charge in [-0.3, -0.25) is 4.79 Å². The zero-order valence-electron chi connectivity index (χ0n) is 8.70. The maximum absolute atomic E-state index is 11.1. The van der Waals surface area contributed by atoms with Crippen LogP contribution in [0.5, 0.6) is 0 Å². The van der Waals surface area contributed by atoms with Crippen LogP contribution < -0.4 is 4.72 Å². The third-order valence-corrected chi connectivity index (χ3v) is 2.86. The number of unbranched alkanes of at least 4 members (excludes halogenated alkanes) is 3. The molecule has 2 nitrogen and oxygen atoms in total. The highest BCUT2D eigenvalue weighted by Gasteiger charge is 2.40. The Bertz CT molecular complexity index is 215. The molecule has 1 fully saturated rings. The fourth-order valence-corrected chi connectivity index (χ4v) is 1.76. The van der Waals surface area contributed by atoms with E-state index in [4.69, 9.17) is 0 Å². The van der Waals surface area contributed by atoms with Crippen LogP contribution in [-0.2, 0) is 4.79 Å². The SMILES string of the molecule is CCCCC/C=C\C1CC1C(=O)NS. The molecule has 1 N–H and O–H groups in total. The molecule has 0 aliphatic heterocycles. The minimum atomic E-state index is 0.0662. The summed E-state index contributed by atoms with van der Waals surface area (Å²) in [6, 6.07) is 0. The van der Waals surface area contributed by atoms with Crippen LogP contribution in [0.15, 0.2) is 12.2 Å². The summed E-state index contributed by atoms with van der Waals surface area (Å²) in [6.07, 6.45) is 10.4. The molecule has 1 rings (SSSR count). The van der Waals surface area contributed by atoms with E-state index in [0.29, 0.717) is 5.92 Å². The number of allylic oxidation sites excluding steroid dienone is 2. The average Bonchev–Trinajstić information content (AvgIpc) is 2.96. The third kappa shape index (κ3) is 3.74. The Morgan fingerprint density at radius 2 is 2.36 bits per heavy atom. The summed E-state index contributed by atoms with van der Waals surface area (Å²) >= 11 is 3.75. The first kappa shape index (κ1) is 11.6. The number of carbonyl (C=O) groups excluding carboxylic acids is 1. The minimum Gasteiger partial charge on any atom is -0.302 e. The van der Waals surface area contributed by atoms with E-state index in [0.717, 1.165) is 12.8 Å². The lowest BCUT2D eigenvalue weighted by Gasteiger charge is -1.93. The van der Waals surface area contributed by atoms with Crippen molar-refractivity contribution in [2.45, 2.75) is 39.0 Å². The maximum atomic E-state index is 11.1. The Balaban J connectivity index is 2.06. The second-order valence-electron chi connectivity index (χ2n) is 3.91. The molecule has 1 aliphatic carbocycles. The molecule has 3 heteroatoms. The quantitative estimate of drug-likeness (QED) is 0.396. The van der Waals surface area contributed by atoms with Crippen molar-refractivity contribution in [2.75, 3.05) is 0 Å². The predicted octanol–water partition coefficient (Wildman–Crippen LogP) is 2.72. The van der Waals surface area contributed by atoms with Gasteiger partial charge in [-0.15, -0.1) is 0 Å². The molecule has 1 amide bonds. The third-order valence-electron chi connectivity index (χ3n) is 2.64. The van der Waals surface area contributed by atoms with E-state index in [-0.39, 0.29) is 11.8 Å². The van der Waals surface area contributed by atoms with Gasteiger partial charge in [-0.1, -0.05) is 44.7 Å². The lowest BCUT2D eigenvalue weighted by molar-refractivity contribution is -0.120. The Labute approximate surface area is 91.7 Å². The molecule has 80 valence electrons. The van der Waals surface area contributed by atoms with Gasteiger partial charge in [0.05, 0.1) is 0 Å². The number of nitrogens with one attached hydrogen (secondary N) is 1. The summed E-state index contributed by atoms with van der Waals surface area (Å²) in [6.45, 7) is 2.21. The minimum absolute atomic E-state index is 0.0662. The van der Waals surface area contributed by atoms with Crippen LogP contribution in [0.2, 0.25) is 0 Å². The Morgan fingerprint density at radius 1 is 1.57 bits per heavy atom. The molecule has 0 heterocycles. The van der Waals surface area contributed by atoms with Crippen LogP contribution in [0.25, 0.3) is 0 Å². The molecule has 0 aromatic rings. The molecule has 1 saturated carbocycles. The maximum Gasteiger partial charge on any atom is 0.233 e. The van der Waals surface area contributed by atoms with Gasteiger partial charge in [0.2, 0.25) is 5.91 Å². The molecule has 0 bridgehead atoms. The van der Waals surface area contributed by atoms with Crippen LogP contribution >= 0.6 is 12.8 Å². The first-order chi connectivity index (χ1) is 6.79. The summed E-state index contributed by atoms with van der Waals surface area (Å²) in [7, 11) is 0. The zero-order chi connectivity index (χ0) is 10.4. The van der Waals surface area contributed by atoms with E-state index < -0.39 is 0 Å². The van der Waals surface area contributed by atoms with Gasteiger partial charge in [-0.2, -0.15) is 0 Å². The lowest BCUT2D eigenvalue weighted by Crippen LogP contribution is -2.15. The monoisotopic (exact) mass is 213 g/mol. The molecule has 0 spiro atoms. The smallest absolute Gasteiger partial charge is 0.233 e. The molecule has 0 aromatic carbocycles. The number of hydrogen-bond acceptors (Lipinski definition) is 2. The molecule has 0 radical (unpaired) electrons. The summed E-state index contributed by atoms with van der Waals surface area (Å²) in [5.74, 6) is 0.732. The van der Waals surface area contributed by atoms with Crippen molar-refractivity contribution in [1.29, 1.82) is 0 Å². The van der Waals surface area contributed by atoms with E-state index in [1.165, 1.54) is 19.3 Å². The second-order valence-corrected chi connectivity index (χ2v) is 4.13. The molecule has 14 heavy (non-hydrogen) atoms. The Hall–Kier alpha value is -0.440.